The summed E-state index contributed by atoms with van der Waals surface area (Å²) in [5.74, 6) is -0.535. The maximum Gasteiger partial charge on any atom is 0.265 e. The van der Waals surface area contributed by atoms with Crippen LogP contribution in [-0.2, 0) is 17.1 Å². The van der Waals surface area contributed by atoms with Crippen molar-refractivity contribution >= 4 is 21.5 Å². The molecule has 0 spiro atoms. The molecular weight excluding hydrogens is 259 g/mol. The average molecular weight is 270 g/mol. The normalized spacial score (nSPS) is 11.4. The lowest BCUT2D eigenvalue weighted by atomic mass is 10.3. The summed E-state index contributed by atoms with van der Waals surface area (Å²) in [5.41, 5.74) is 5.50. The Kier molecular flexibility index (Phi) is 2.95. The molecule has 0 fully saturated rings. The van der Waals surface area contributed by atoms with Gasteiger partial charge in [-0.25, -0.2) is 12.8 Å². The molecule has 0 saturated heterocycles. The Bertz CT molecular complexity index is 681. The molecular formula is C10H11FN4O2S. The van der Waals surface area contributed by atoms with Gasteiger partial charge in [-0.1, -0.05) is 0 Å². The van der Waals surface area contributed by atoms with E-state index < -0.39 is 15.8 Å². The third kappa shape index (κ3) is 2.43. The second-order valence-corrected chi connectivity index (χ2v) is 5.31. The van der Waals surface area contributed by atoms with Crippen LogP contribution in [0.4, 0.5) is 15.9 Å². The lowest BCUT2D eigenvalue weighted by Gasteiger charge is -2.08. The molecule has 8 heteroatoms. The van der Waals surface area contributed by atoms with Gasteiger partial charge in [0.1, 0.15) is 10.7 Å². The molecule has 0 aliphatic carbocycles. The molecule has 0 aliphatic heterocycles. The minimum atomic E-state index is -3.94. The van der Waals surface area contributed by atoms with Crippen LogP contribution < -0.4 is 10.5 Å². The van der Waals surface area contributed by atoms with Crippen LogP contribution >= 0.6 is 0 Å². The Morgan fingerprint density at radius 1 is 1.39 bits per heavy atom. The van der Waals surface area contributed by atoms with E-state index in [0.717, 1.165) is 12.1 Å². The monoisotopic (exact) mass is 270 g/mol. The lowest BCUT2D eigenvalue weighted by molar-refractivity contribution is 0.595. The van der Waals surface area contributed by atoms with E-state index in [2.05, 4.69) is 9.82 Å². The largest absolute Gasteiger partial charge is 0.398 e. The maximum atomic E-state index is 13.1. The van der Waals surface area contributed by atoms with Gasteiger partial charge in [-0.2, -0.15) is 5.10 Å². The van der Waals surface area contributed by atoms with E-state index in [4.69, 9.17) is 5.73 Å². The summed E-state index contributed by atoms with van der Waals surface area (Å²) < 4.78 is 40.7. The van der Waals surface area contributed by atoms with Gasteiger partial charge in [-0.15, -0.1) is 0 Å². The highest BCUT2D eigenvalue weighted by molar-refractivity contribution is 7.92. The van der Waals surface area contributed by atoms with Crippen molar-refractivity contribution in [2.45, 2.75) is 4.90 Å². The molecule has 1 aromatic heterocycles. The number of hydrogen-bond acceptors (Lipinski definition) is 4. The number of hydrogen-bond donors (Lipinski definition) is 2. The lowest BCUT2D eigenvalue weighted by Crippen LogP contribution is -2.15. The molecule has 0 amide bonds. The molecule has 0 saturated carbocycles. The molecule has 2 aromatic rings. The number of nitrogens with two attached hydrogens (primary N) is 1. The van der Waals surface area contributed by atoms with Crippen molar-refractivity contribution in [2.75, 3.05) is 10.5 Å². The van der Waals surface area contributed by atoms with Gasteiger partial charge in [0.25, 0.3) is 10.0 Å². The van der Waals surface area contributed by atoms with Crippen LogP contribution in [0.25, 0.3) is 0 Å². The Balaban J connectivity index is 2.39. The van der Waals surface area contributed by atoms with Gasteiger partial charge in [0.15, 0.2) is 5.82 Å². The second kappa shape index (κ2) is 4.30. The van der Waals surface area contributed by atoms with E-state index in [0.29, 0.717) is 0 Å². The zero-order valence-corrected chi connectivity index (χ0v) is 10.3. The minimum Gasteiger partial charge on any atom is -0.398 e. The summed E-state index contributed by atoms with van der Waals surface area (Å²) in [5, 5.41) is 3.87. The van der Waals surface area contributed by atoms with Gasteiger partial charge in [-0.3, -0.25) is 9.40 Å². The second-order valence-electron chi connectivity index (χ2n) is 3.66. The number of nitrogens with one attached hydrogen (secondary N) is 1. The average Bonchev–Trinajstić information content (AvgIpc) is 2.66. The first-order valence-corrected chi connectivity index (χ1v) is 6.44. The highest BCUT2D eigenvalue weighted by Gasteiger charge is 2.19. The zero-order chi connectivity index (χ0) is 13.3. The van der Waals surface area contributed by atoms with Crippen molar-refractivity contribution in [2.24, 2.45) is 7.05 Å². The zero-order valence-electron chi connectivity index (χ0n) is 9.46. The standard InChI is InChI=1S/C10H11FN4O2S/c1-15-5-4-10(13-15)14-18(16,17)9-6-7(11)2-3-8(9)12/h2-6H,12H2,1H3,(H,13,14). The van der Waals surface area contributed by atoms with Gasteiger partial charge < -0.3 is 5.73 Å². The molecule has 3 N–H and O–H groups in total. The van der Waals surface area contributed by atoms with Crippen molar-refractivity contribution in [1.29, 1.82) is 0 Å². The number of benzene rings is 1. The predicted molar refractivity (Wildman–Crippen MR) is 64.8 cm³/mol. The number of rotatable bonds is 3. The Labute approximate surface area is 103 Å². The van der Waals surface area contributed by atoms with E-state index in [1.165, 1.54) is 16.8 Å². The fourth-order valence-corrected chi connectivity index (χ4v) is 2.54. The number of sulfonamides is 1. The van der Waals surface area contributed by atoms with Crippen LogP contribution in [0.5, 0.6) is 0 Å². The molecule has 96 valence electrons. The Hall–Kier alpha value is -2.09. The first kappa shape index (κ1) is 12.4. The first-order chi connectivity index (χ1) is 8.38. The van der Waals surface area contributed by atoms with Crippen LogP contribution in [0, 0.1) is 5.82 Å². The minimum absolute atomic E-state index is 0.0279. The summed E-state index contributed by atoms with van der Waals surface area (Å²) in [6, 6.07) is 4.63. The van der Waals surface area contributed by atoms with Gasteiger partial charge in [0.2, 0.25) is 0 Å². The topological polar surface area (TPSA) is 90.0 Å². The van der Waals surface area contributed by atoms with Gasteiger partial charge >= 0.3 is 0 Å². The van der Waals surface area contributed by atoms with Crippen molar-refractivity contribution < 1.29 is 12.8 Å². The smallest absolute Gasteiger partial charge is 0.265 e. The number of nitrogen functional groups attached to an aromatic ring is 1. The molecule has 0 radical (unpaired) electrons. The van der Waals surface area contributed by atoms with Crippen molar-refractivity contribution in [1.82, 2.24) is 9.78 Å². The van der Waals surface area contributed by atoms with E-state index in [1.54, 1.807) is 13.2 Å². The number of aromatic nitrogens is 2. The van der Waals surface area contributed by atoms with Crippen molar-refractivity contribution in [3.63, 3.8) is 0 Å². The summed E-state index contributed by atoms with van der Waals surface area (Å²) >= 11 is 0. The van der Waals surface area contributed by atoms with Crippen molar-refractivity contribution in [3.8, 4) is 0 Å². The SMILES string of the molecule is Cn1ccc(NS(=O)(=O)c2cc(F)ccc2N)n1. The molecule has 0 atom stereocenters. The summed E-state index contributed by atoms with van der Waals surface area (Å²) in [6.45, 7) is 0. The Morgan fingerprint density at radius 3 is 2.72 bits per heavy atom. The number of nitrogens with zero attached hydrogens (tertiary/aromatic N) is 2. The Morgan fingerprint density at radius 2 is 2.11 bits per heavy atom. The molecule has 18 heavy (non-hydrogen) atoms. The van der Waals surface area contributed by atoms with Crippen LogP contribution in [0.15, 0.2) is 35.4 Å². The van der Waals surface area contributed by atoms with Gasteiger partial charge in [0, 0.05) is 19.3 Å². The highest BCUT2D eigenvalue weighted by Crippen LogP contribution is 2.21. The molecule has 1 aromatic carbocycles. The van der Waals surface area contributed by atoms with Crippen molar-refractivity contribution in [3.05, 3.63) is 36.3 Å². The van der Waals surface area contributed by atoms with Crippen LogP contribution in [0.2, 0.25) is 0 Å². The highest BCUT2D eigenvalue weighted by atomic mass is 32.2. The van der Waals surface area contributed by atoms with Crippen LogP contribution in [-0.4, -0.2) is 18.2 Å². The number of halogens is 1. The summed E-state index contributed by atoms with van der Waals surface area (Å²) in [6.07, 6.45) is 1.58. The van der Waals surface area contributed by atoms with Gasteiger partial charge in [0.05, 0.1) is 5.69 Å². The summed E-state index contributed by atoms with van der Waals surface area (Å²) in [7, 11) is -2.30. The molecule has 0 aliphatic rings. The summed E-state index contributed by atoms with van der Waals surface area (Å²) in [4.78, 5) is -0.312. The quantitative estimate of drug-likeness (QED) is 0.812. The molecule has 0 bridgehead atoms. The fraction of sp³-hybridized carbons (Fsp3) is 0.100. The third-order valence-corrected chi connectivity index (χ3v) is 3.63. The molecule has 6 nitrogen and oxygen atoms in total. The number of aryl methyl sites for hydroxylation is 1. The maximum absolute atomic E-state index is 13.1. The third-order valence-electron chi connectivity index (χ3n) is 2.22. The van der Waals surface area contributed by atoms with Crippen LogP contribution in [0.1, 0.15) is 0 Å². The van der Waals surface area contributed by atoms with Gasteiger partial charge in [-0.05, 0) is 18.2 Å². The van der Waals surface area contributed by atoms with E-state index >= 15 is 0 Å². The fourth-order valence-electron chi connectivity index (χ4n) is 1.40. The van der Waals surface area contributed by atoms with Crippen LogP contribution in [0.3, 0.4) is 0 Å². The predicted octanol–water partition coefficient (Wildman–Crippen LogP) is 0.942. The number of anilines is 2. The van der Waals surface area contributed by atoms with E-state index in [-0.39, 0.29) is 16.4 Å². The molecule has 1 heterocycles. The molecule has 0 unspecified atom stereocenters. The first-order valence-electron chi connectivity index (χ1n) is 4.96. The van der Waals surface area contributed by atoms with E-state index in [9.17, 15) is 12.8 Å². The molecule has 2 rings (SSSR count). The van der Waals surface area contributed by atoms with E-state index in [1.807, 2.05) is 0 Å².